The van der Waals surface area contributed by atoms with Crippen LogP contribution in [0, 0.1) is 0 Å². The number of carboxylic acids is 1. The molecule has 1 fully saturated rings. The second-order valence-corrected chi connectivity index (χ2v) is 5.28. The van der Waals surface area contributed by atoms with Crippen molar-refractivity contribution in [1.82, 2.24) is 14.3 Å². The summed E-state index contributed by atoms with van der Waals surface area (Å²) in [5, 5.41) is 9.33. The maximum atomic E-state index is 11.4. The molecule has 1 aliphatic heterocycles. The number of aromatic carboxylic acids is 1. The van der Waals surface area contributed by atoms with Gasteiger partial charge in [-0.1, -0.05) is 13.0 Å². The van der Waals surface area contributed by atoms with Gasteiger partial charge in [0, 0.05) is 12.5 Å². The largest absolute Gasteiger partial charge is 0.477 e. The van der Waals surface area contributed by atoms with Crippen LogP contribution >= 0.6 is 0 Å². The van der Waals surface area contributed by atoms with Crippen molar-refractivity contribution < 1.29 is 9.90 Å². The van der Waals surface area contributed by atoms with E-state index in [0.29, 0.717) is 6.04 Å². The minimum atomic E-state index is -0.909. The third kappa shape index (κ3) is 2.18. The Labute approximate surface area is 117 Å². The number of carbonyl (C=O) groups is 1. The number of fused-ring (bicyclic) bond motifs is 1. The summed E-state index contributed by atoms with van der Waals surface area (Å²) in [4.78, 5) is 18.3. The van der Waals surface area contributed by atoms with Gasteiger partial charge in [-0.05, 0) is 38.1 Å². The van der Waals surface area contributed by atoms with Crippen LogP contribution in [0.4, 0.5) is 0 Å². The Kier molecular flexibility index (Phi) is 3.44. The summed E-state index contributed by atoms with van der Waals surface area (Å²) in [6.45, 7) is 4.35. The van der Waals surface area contributed by atoms with E-state index in [0.717, 1.165) is 37.3 Å². The lowest BCUT2D eigenvalue weighted by Crippen LogP contribution is -2.31. The molecule has 0 bridgehead atoms. The van der Waals surface area contributed by atoms with Crippen molar-refractivity contribution >= 4 is 11.5 Å². The molecule has 0 aliphatic carbocycles. The molecule has 1 unspecified atom stereocenters. The predicted octanol–water partition coefficient (Wildman–Crippen LogP) is 2.06. The number of likely N-dealkylation sites (N-methyl/N-ethyl adjacent to an activating group) is 1. The molecule has 5 nitrogen and oxygen atoms in total. The normalized spacial score (nSPS) is 19.8. The summed E-state index contributed by atoms with van der Waals surface area (Å²) >= 11 is 0. The molecular weight excluding hydrogens is 254 g/mol. The summed E-state index contributed by atoms with van der Waals surface area (Å²) in [5.41, 5.74) is 1.14. The zero-order valence-corrected chi connectivity index (χ0v) is 11.6. The Bertz CT molecular complexity index is 635. The summed E-state index contributed by atoms with van der Waals surface area (Å²) in [5.74, 6) is -0.0584. The van der Waals surface area contributed by atoms with Gasteiger partial charge in [-0.15, -0.1) is 0 Å². The predicted molar refractivity (Wildman–Crippen MR) is 76.1 cm³/mol. The first-order chi connectivity index (χ1) is 9.70. The first kappa shape index (κ1) is 13.1. The molecule has 3 rings (SSSR count). The van der Waals surface area contributed by atoms with E-state index in [2.05, 4.69) is 16.8 Å². The zero-order valence-electron chi connectivity index (χ0n) is 11.6. The summed E-state index contributed by atoms with van der Waals surface area (Å²) in [6, 6.07) is 5.77. The lowest BCUT2D eigenvalue weighted by molar-refractivity contribution is 0.0688. The van der Waals surface area contributed by atoms with Crippen LogP contribution in [0.1, 0.15) is 36.1 Å². The number of hydrogen-bond donors (Lipinski definition) is 1. The van der Waals surface area contributed by atoms with Gasteiger partial charge in [0.25, 0.3) is 0 Å². The minimum absolute atomic E-state index is 0.288. The van der Waals surface area contributed by atoms with Gasteiger partial charge < -0.3 is 10.0 Å². The SMILES string of the molecule is CCN1CCCC1Cc1ncc2cccc(C(=O)O)n12. The van der Waals surface area contributed by atoms with E-state index in [9.17, 15) is 9.90 Å². The van der Waals surface area contributed by atoms with E-state index in [1.165, 1.54) is 6.42 Å². The smallest absolute Gasteiger partial charge is 0.352 e. The summed E-state index contributed by atoms with van der Waals surface area (Å²) < 4.78 is 1.77. The van der Waals surface area contributed by atoms with Gasteiger partial charge >= 0.3 is 5.97 Å². The van der Waals surface area contributed by atoms with Crippen LogP contribution in [0.3, 0.4) is 0 Å². The standard InChI is InChI=1S/C15H19N3O2/c1-2-17-8-4-6-11(17)9-14-16-10-12-5-3-7-13(15(19)20)18(12)14/h3,5,7,10-11H,2,4,6,8-9H2,1H3,(H,19,20). The van der Waals surface area contributed by atoms with Crippen molar-refractivity contribution in [3.8, 4) is 0 Å². The quantitative estimate of drug-likeness (QED) is 0.926. The maximum absolute atomic E-state index is 11.4. The van der Waals surface area contributed by atoms with Gasteiger partial charge in [0.15, 0.2) is 0 Å². The fourth-order valence-corrected chi connectivity index (χ4v) is 3.18. The molecule has 1 atom stereocenters. The van der Waals surface area contributed by atoms with Crippen LogP contribution in [-0.2, 0) is 6.42 Å². The number of aromatic nitrogens is 2. The molecule has 1 N–H and O–H groups in total. The third-order valence-electron chi connectivity index (χ3n) is 4.17. The molecule has 0 aromatic carbocycles. The Morgan fingerprint density at radius 3 is 3.10 bits per heavy atom. The highest BCUT2D eigenvalue weighted by molar-refractivity contribution is 5.86. The van der Waals surface area contributed by atoms with Crippen LogP contribution in [0.25, 0.3) is 5.52 Å². The van der Waals surface area contributed by atoms with E-state index in [1.54, 1.807) is 22.7 Å². The van der Waals surface area contributed by atoms with Gasteiger partial charge in [-0.2, -0.15) is 0 Å². The average molecular weight is 273 g/mol. The van der Waals surface area contributed by atoms with E-state index >= 15 is 0 Å². The van der Waals surface area contributed by atoms with Crippen molar-refractivity contribution in [2.24, 2.45) is 0 Å². The number of likely N-dealkylation sites (tertiary alicyclic amines) is 1. The zero-order chi connectivity index (χ0) is 14.1. The van der Waals surface area contributed by atoms with Crippen molar-refractivity contribution in [1.29, 1.82) is 0 Å². The van der Waals surface area contributed by atoms with E-state index in [4.69, 9.17) is 0 Å². The number of carboxylic acid groups (broad SMARTS) is 1. The molecule has 2 aromatic rings. The summed E-state index contributed by atoms with van der Waals surface area (Å²) in [6.07, 6.45) is 4.95. The number of rotatable bonds is 4. The molecule has 3 heterocycles. The Hall–Kier alpha value is -1.88. The van der Waals surface area contributed by atoms with Crippen LogP contribution in [-0.4, -0.2) is 44.5 Å². The first-order valence-corrected chi connectivity index (χ1v) is 7.13. The van der Waals surface area contributed by atoms with Crippen molar-refractivity contribution in [3.05, 3.63) is 35.9 Å². The second kappa shape index (κ2) is 5.25. The molecule has 1 aliphatic rings. The van der Waals surface area contributed by atoms with E-state index in [-0.39, 0.29) is 5.69 Å². The Balaban J connectivity index is 1.97. The minimum Gasteiger partial charge on any atom is -0.477 e. The maximum Gasteiger partial charge on any atom is 0.352 e. The number of hydrogen-bond acceptors (Lipinski definition) is 3. The molecule has 20 heavy (non-hydrogen) atoms. The van der Waals surface area contributed by atoms with Crippen molar-refractivity contribution in [2.75, 3.05) is 13.1 Å². The van der Waals surface area contributed by atoms with Gasteiger partial charge in [-0.25, -0.2) is 9.78 Å². The van der Waals surface area contributed by atoms with Crippen molar-refractivity contribution in [3.63, 3.8) is 0 Å². The van der Waals surface area contributed by atoms with Gasteiger partial charge in [-0.3, -0.25) is 4.40 Å². The topological polar surface area (TPSA) is 57.8 Å². The first-order valence-electron chi connectivity index (χ1n) is 7.13. The van der Waals surface area contributed by atoms with Crippen LogP contribution in [0.15, 0.2) is 24.4 Å². The van der Waals surface area contributed by atoms with E-state index < -0.39 is 5.97 Å². The third-order valence-corrected chi connectivity index (χ3v) is 4.17. The Morgan fingerprint density at radius 1 is 1.50 bits per heavy atom. The summed E-state index contributed by atoms with van der Waals surface area (Å²) in [7, 11) is 0. The van der Waals surface area contributed by atoms with Gasteiger partial charge in [0.2, 0.25) is 0 Å². The fraction of sp³-hybridized carbons (Fsp3) is 0.467. The van der Waals surface area contributed by atoms with Gasteiger partial charge in [0.1, 0.15) is 11.5 Å². The molecule has 0 saturated carbocycles. The molecule has 0 amide bonds. The molecule has 0 radical (unpaired) electrons. The van der Waals surface area contributed by atoms with Crippen LogP contribution < -0.4 is 0 Å². The van der Waals surface area contributed by atoms with Crippen molar-refractivity contribution in [2.45, 2.75) is 32.2 Å². The molecule has 2 aromatic heterocycles. The fourth-order valence-electron chi connectivity index (χ4n) is 3.18. The average Bonchev–Trinajstić information content (AvgIpc) is 3.06. The highest BCUT2D eigenvalue weighted by Gasteiger charge is 2.25. The second-order valence-electron chi connectivity index (χ2n) is 5.28. The number of pyridine rings is 1. The highest BCUT2D eigenvalue weighted by Crippen LogP contribution is 2.21. The number of nitrogens with zero attached hydrogens (tertiary/aromatic N) is 3. The molecule has 106 valence electrons. The molecule has 0 spiro atoms. The van der Waals surface area contributed by atoms with Crippen LogP contribution in [0.5, 0.6) is 0 Å². The number of imidazole rings is 1. The lowest BCUT2D eigenvalue weighted by Gasteiger charge is -2.22. The molecule has 1 saturated heterocycles. The van der Waals surface area contributed by atoms with Crippen LogP contribution in [0.2, 0.25) is 0 Å². The molecular formula is C15H19N3O2. The highest BCUT2D eigenvalue weighted by atomic mass is 16.4. The van der Waals surface area contributed by atoms with Gasteiger partial charge in [0.05, 0.1) is 11.7 Å². The Morgan fingerprint density at radius 2 is 2.35 bits per heavy atom. The monoisotopic (exact) mass is 273 g/mol. The molecule has 5 heteroatoms. The van der Waals surface area contributed by atoms with E-state index in [1.807, 2.05) is 6.07 Å². The lowest BCUT2D eigenvalue weighted by atomic mass is 10.1.